The highest BCUT2D eigenvalue weighted by atomic mass is 79.9. The van der Waals surface area contributed by atoms with E-state index in [1.54, 1.807) is 25.7 Å². The van der Waals surface area contributed by atoms with E-state index < -0.39 is 0 Å². The molecule has 1 N–H and O–H groups in total. The third kappa shape index (κ3) is 5.91. The van der Waals surface area contributed by atoms with Crippen molar-refractivity contribution < 1.29 is 9.53 Å². The number of hydrogen-bond donors (Lipinski definition) is 1. The molecule has 4 aromatic rings. The maximum absolute atomic E-state index is 12.4. The fourth-order valence-electron chi connectivity index (χ4n) is 2.97. The molecular weight excluding hydrogens is 584 g/mol. The maximum atomic E-state index is 12.4. The molecule has 172 valence electrons. The second-order valence-electron chi connectivity index (χ2n) is 6.84. The van der Waals surface area contributed by atoms with E-state index in [2.05, 4.69) is 57.6 Å². The van der Waals surface area contributed by atoms with Gasteiger partial charge < -0.3 is 4.74 Å². The number of carbonyl (C=O) groups is 1. The van der Waals surface area contributed by atoms with Crippen LogP contribution in [0.25, 0.3) is 17.1 Å². The van der Waals surface area contributed by atoms with Gasteiger partial charge >= 0.3 is 0 Å². The van der Waals surface area contributed by atoms with Crippen molar-refractivity contribution in [2.75, 3.05) is 12.9 Å². The van der Waals surface area contributed by atoms with Gasteiger partial charge in [0.05, 0.1) is 23.5 Å². The minimum atomic E-state index is -0.262. The van der Waals surface area contributed by atoms with Gasteiger partial charge in [-0.15, -0.1) is 10.2 Å². The molecule has 0 aliphatic carbocycles. The van der Waals surface area contributed by atoms with E-state index in [4.69, 9.17) is 4.74 Å². The molecule has 0 saturated carbocycles. The summed E-state index contributed by atoms with van der Waals surface area (Å²) in [7, 11) is 1.60. The highest BCUT2D eigenvalue weighted by molar-refractivity contribution is 9.10. The van der Waals surface area contributed by atoms with E-state index in [9.17, 15) is 4.79 Å². The summed E-state index contributed by atoms with van der Waals surface area (Å²) in [5.41, 5.74) is 5.06. The molecule has 0 fully saturated rings. The van der Waals surface area contributed by atoms with Crippen molar-refractivity contribution in [1.29, 1.82) is 0 Å². The summed E-state index contributed by atoms with van der Waals surface area (Å²) in [6.07, 6.45) is 5.00. The Labute approximate surface area is 217 Å². The summed E-state index contributed by atoms with van der Waals surface area (Å²) < 4.78 is 8.88. The first-order valence-corrected chi connectivity index (χ1v) is 12.5. The van der Waals surface area contributed by atoms with Crippen LogP contribution in [0.1, 0.15) is 5.56 Å². The highest BCUT2D eigenvalue weighted by Gasteiger charge is 2.17. The van der Waals surface area contributed by atoms with E-state index in [0.717, 1.165) is 31.5 Å². The fraction of sp³-hybridized carbons (Fsp3) is 0.0870. The molecule has 2 aromatic heterocycles. The van der Waals surface area contributed by atoms with Gasteiger partial charge in [0.15, 0.2) is 11.0 Å². The lowest BCUT2D eigenvalue weighted by Crippen LogP contribution is -2.20. The van der Waals surface area contributed by atoms with Crippen LogP contribution >= 0.6 is 43.6 Å². The lowest BCUT2D eigenvalue weighted by molar-refractivity contribution is -0.118. The van der Waals surface area contributed by atoms with E-state index in [-0.39, 0.29) is 11.7 Å². The number of nitrogens with zero attached hydrogens (tertiary/aromatic N) is 5. The summed E-state index contributed by atoms with van der Waals surface area (Å²) in [5.74, 6) is 1.22. The number of amides is 1. The van der Waals surface area contributed by atoms with Crippen molar-refractivity contribution in [2.24, 2.45) is 5.10 Å². The van der Waals surface area contributed by atoms with Crippen LogP contribution in [0.2, 0.25) is 0 Å². The van der Waals surface area contributed by atoms with Crippen LogP contribution in [0.4, 0.5) is 0 Å². The van der Waals surface area contributed by atoms with Crippen LogP contribution in [0.3, 0.4) is 0 Å². The Hall–Kier alpha value is -3.02. The third-order valence-electron chi connectivity index (χ3n) is 4.55. The Morgan fingerprint density at radius 1 is 1.18 bits per heavy atom. The summed E-state index contributed by atoms with van der Waals surface area (Å²) >= 11 is 8.16. The number of halogens is 2. The van der Waals surface area contributed by atoms with E-state index >= 15 is 0 Å². The van der Waals surface area contributed by atoms with Gasteiger partial charge in [-0.25, -0.2) is 5.43 Å². The molecule has 0 radical (unpaired) electrons. The van der Waals surface area contributed by atoms with Crippen LogP contribution in [-0.4, -0.2) is 44.7 Å². The molecule has 0 saturated heterocycles. The van der Waals surface area contributed by atoms with Crippen molar-refractivity contribution in [3.8, 4) is 22.8 Å². The standard InChI is InChI=1S/C23H18Br2N6O2S/c1-33-20-9-4-15(11-19(20)25)12-27-28-21(32)14-34-23-30-29-22(16-3-2-10-26-13-16)31(23)18-7-5-17(24)6-8-18/h2-13H,14H2,1H3,(H,28,32). The second-order valence-corrected chi connectivity index (χ2v) is 9.55. The molecule has 8 nitrogen and oxygen atoms in total. The van der Waals surface area contributed by atoms with Crippen LogP contribution in [0, 0.1) is 0 Å². The van der Waals surface area contributed by atoms with Gasteiger partial charge in [-0.1, -0.05) is 27.7 Å². The zero-order valence-electron chi connectivity index (χ0n) is 17.9. The van der Waals surface area contributed by atoms with Gasteiger partial charge in [-0.2, -0.15) is 5.10 Å². The Morgan fingerprint density at radius 3 is 2.71 bits per heavy atom. The first-order valence-electron chi connectivity index (χ1n) is 9.95. The highest BCUT2D eigenvalue weighted by Crippen LogP contribution is 2.28. The first kappa shape index (κ1) is 24.1. The number of hydrazone groups is 1. The third-order valence-corrected chi connectivity index (χ3v) is 6.63. The second kappa shape index (κ2) is 11.4. The summed E-state index contributed by atoms with van der Waals surface area (Å²) in [6.45, 7) is 0. The summed E-state index contributed by atoms with van der Waals surface area (Å²) in [4.78, 5) is 16.6. The molecule has 2 heterocycles. The van der Waals surface area contributed by atoms with Gasteiger partial charge in [0.25, 0.3) is 5.91 Å². The van der Waals surface area contributed by atoms with Gasteiger partial charge in [0.2, 0.25) is 0 Å². The summed E-state index contributed by atoms with van der Waals surface area (Å²) in [6, 6.07) is 17.1. The lowest BCUT2D eigenvalue weighted by atomic mass is 10.2. The van der Waals surface area contributed by atoms with Crippen molar-refractivity contribution in [2.45, 2.75) is 5.16 Å². The Bertz CT molecular complexity index is 1310. The molecule has 0 aliphatic rings. The average Bonchev–Trinajstić information content (AvgIpc) is 3.28. The molecule has 1 amide bonds. The van der Waals surface area contributed by atoms with E-state index in [1.165, 1.54) is 11.8 Å². The quantitative estimate of drug-likeness (QED) is 0.171. The van der Waals surface area contributed by atoms with Gasteiger partial charge in [-0.05, 0) is 76.1 Å². The number of pyridine rings is 1. The van der Waals surface area contributed by atoms with Gasteiger partial charge in [0, 0.05) is 28.1 Å². The van der Waals surface area contributed by atoms with Crippen LogP contribution < -0.4 is 10.2 Å². The predicted octanol–water partition coefficient (Wildman–Crippen LogP) is 5.11. The predicted molar refractivity (Wildman–Crippen MR) is 139 cm³/mol. The average molecular weight is 602 g/mol. The topological polar surface area (TPSA) is 94.3 Å². The number of carbonyl (C=O) groups excluding carboxylic acids is 1. The Morgan fingerprint density at radius 2 is 2.00 bits per heavy atom. The molecule has 0 atom stereocenters. The summed E-state index contributed by atoms with van der Waals surface area (Å²) in [5, 5.41) is 13.3. The number of thioether (sulfide) groups is 1. The van der Waals surface area contributed by atoms with Crippen LogP contribution in [-0.2, 0) is 4.79 Å². The molecule has 0 unspecified atom stereocenters. The van der Waals surface area contributed by atoms with Gasteiger partial charge in [-0.3, -0.25) is 14.3 Å². The number of nitrogens with one attached hydrogen (secondary N) is 1. The molecule has 0 bridgehead atoms. The zero-order valence-corrected chi connectivity index (χ0v) is 21.8. The van der Waals surface area contributed by atoms with Crippen molar-refractivity contribution in [3.63, 3.8) is 0 Å². The van der Waals surface area contributed by atoms with Crippen molar-refractivity contribution >= 4 is 55.7 Å². The number of methoxy groups -OCH3 is 1. The number of hydrogen-bond acceptors (Lipinski definition) is 7. The molecule has 11 heteroatoms. The van der Waals surface area contributed by atoms with Gasteiger partial charge in [0.1, 0.15) is 5.75 Å². The minimum Gasteiger partial charge on any atom is -0.496 e. The smallest absolute Gasteiger partial charge is 0.250 e. The van der Waals surface area contributed by atoms with E-state index in [1.807, 2.05) is 59.2 Å². The SMILES string of the molecule is COc1ccc(C=NNC(=O)CSc2nnc(-c3cccnc3)n2-c2ccc(Br)cc2)cc1Br. The Balaban J connectivity index is 1.47. The normalized spacial score (nSPS) is 11.0. The number of rotatable bonds is 8. The van der Waals surface area contributed by atoms with Crippen LogP contribution in [0.5, 0.6) is 5.75 Å². The zero-order chi connectivity index (χ0) is 23.9. The van der Waals surface area contributed by atoms with E-state index in [0.29, 0.717) is 11.0 Å². The molecule has 34 heavy (non-hydrogen) atoms. The fourth-order valence-corrected chi connectivity index (χ4v) is 4.54. The Kier molecular flexibility index (Phi) is 8.09. The van der Waals surface area contributed by atoms with Crippen molar-refractivity contribution in [3.05, 3.63) is 81.5 Å². The lowest BCUT2D eigenvalue weighted by Gasteiger charge is -2.10. The maximum Gasteiger partial charge on any atom is 0.250 e. The molecule has 0 aliphatic heterocycles. The number of ether oxygens (including phenoxy) is 1. The van der Waals surface area contributed by atoms with Crippen LogP contribution in [0.15, 0.2) is 86.2 Å². The molecule has 0 spiro atoms. The molecular formula is C23H18Br2N6O2S. The number of benzene rings is 2. The monoisotopic (exact) mass is 600 g/mol. The molecule has 2 aromatic carbocycles. The number of aromatic nitrogens is 4. The minimum absolute atomic E-state index is 0.116. The largest absolute Gasteiger partial charge is 0.496 e. The van der Waals surface area contributed by atoms with Crippen molar-refractivity contribution in [1.82, 2.24) is 25.2 Å². The first-order chi connectivity index (χ1) is 16.5. The molecule has 4 rings (SSSR count).